The minimum absolute atomic E-state index is 0.0865. The largest absolute Gasteiger partial charge is 0.479 e. The summed E-state index contributed by atoms with van der Waals surface area (Å²) < 4.78 is 10.2. The fourth-order valence-electron chi connectivity index (χ4n) is 2.00. The molecule has 1 unspecified atom stereocenters. The van der Waals surface area contributed by atoms with Crippen LogP contribution in [0.25, 0.3) is 0 Å². The van der Waals surface area contributed by atoms with Crippen LogP contribution in [0.1, 0.15) is 17.3 Å². The van der Waals surface area contributed by atoms with Gasteiger partial charge in [0, 0.05) is 10.7 Å². The number of rotatable bonds is 5. The molecule has 0 aliphatic rings. The number of amides is 1. The Morgan fingerprint density at radius 3 is 2.37 bits per heavy atom. The van der Waals surface area contributed by atoms with Crippen LogP contribution >= 0.6 is 35.4 Å². The normalized spacial score (nSPS) is 11.3. The number of carbonyl (C=O) groups is 2. The van der Waals surface area contributed by atoms with Gasteiger partial charge in [-0.1, -0.05) is 23.2 Å². The number of nitrogens with one attached hydrogen (secondary N) is 2. The lowest BCUT2D eigenvalue weighted by molar-refractivity contribution is -0.125. The minimum atomic E-state index is -0.842. The topological polar surface area (TPSA) is 76.7 Å². The Balaban J connectivity index is 1.90. The Kier molecular flexibility index (Phi) is 7.41. The van der Waals surface area contributed by atoms with Gasteiger partial charge in [-0.3, -0.25) is 10.1 Å². The molecule has 0 bridgehead atoms. The maximum Gasteiger partial charge on any atom is 0.337 e. The molecule has 27 heavy (non-hydrogen) atoms. The highest BCUT2D eigenvalue weighted by molar-refractivity contribution is 7.80. The quantitative estimate of drug-likeness (QED) is 0.554. The molecule has 0 aliphatic heterocycles. The molecule has 2 aromatic carbocycles. The molecule has 0 saturated carbocycles. The van der Waals surface area contributed by atoms with E-state index in [-0.39, 0.29) is 5.11 Å². The first-order valence-electron chi connectivity index (χ1n) is 7.72. The Morgan fingerprint density at radius 2 is 1.78 bits per heavy atom. The molecule has 0 radical (unpaired) electrons. The Bertz CT molecular complexity index is 859. The van der Waals surface area contributed by atoms with Gasteiger partial charge in [-0.15, -0.1) is 0 Å². The number of hydrogen-bond donors (Lipinski definition) is 2. The molecule has 2 aromatic rings. The Hall–Kier alpha value is -2.35. The highest BCUT2D eigenvalue weighted by Gasteiger charge is 2.17. The number of ether oxygens (including phenoxy) is 2. The van der Waals surface area contributed by atoms with Gasteiger partial charge in [-0.2, -0.15) is 0 Å². The minimum Gasteiger partial charge on any atom is -0.479 e. The zero-order valence-corrected chi connectivity index (χ0v) is 16.7. The molecule has 142 valence electrons. The van der Waals surface area contributed by atoms with E-state index >= 15 is 0 Å². The predicted molar refractivity (Wildman–Crippen MR) is 109 cm³/mol. The van der Waals surface area contributed by atoms with Crippen molar-refractivity contribution in [3.05, 3.63) is 58.1 Å². The van der Waals surface area contributed by atoms with Crippen molar-refractivity contribution in [3.63, 3.8) is 0 Å². The van der Waals surface area contributed by atoms with Crippen LogP contribution in [0.3, 0.4) is 0 Å². The van der Waals surface area contributed by atoms with Crippen molar-refractivity contribution in [2.45, 2.75) is 13.0 Å². The van der Waals surface area contributed by atoms with Crippen LogP contribution in [0.5, 0.6) is 5.75 Å². The van der Waals surface area contributed by atoms with Crippen molar-refractivity contribution < 1.29 is 19.1 Å². The maximum atomic E-state index is 12.2. The highest BCUT2D eigenvalue weighted by atomic mass is 35.5. The van der Waals surface area contributed by atoms with Gasteiger partial charge in [0.15, 0.2) is 11.2 Å². The van der Waals surface area contributed by atoms with Crippen molar-refractivity contribution in [1.29, 1.82) is 0 Å². The van der Waals surface area contributed by atoms with Crippen molar-refractivity contribution in [2.24, 2.45) is 0 Å². The van der Waals surface area contributed by atoms with Crippen LogP contribution in [-0.2, 0) is 9.53 Å². The lowest BCUT2D eigenvalue weighted by Crippen LogP contribution is -2.42. The fourth-order valence-corrected chi connectivity index (χ4v) is 2.67. The van der Waals surface area contributed by atoms with Crippen LogP contribution in [0.4, 0.5) is 5.69 Å². The Morgan fingerprint density at radius 1 is 1.11 bits per heavy atom. The number of benzene rings is 2. The van der Waals surface area contributed by atoms with Crippen LogP contribution in [0.15, 0.2) is 42.5 Å². The molecular formula is C18H16Cl2N2O4S. The SMILES string of the molecule is COC(=O)c1ccc(NC(=S)NC(=O)C(C)Oc2ccc(Cl)cc2Cl)cc1. The molecule has 2 rings (SSSR count). The molecule has 0 aliphatic carbocycles. The molecule has 1 atom stereocenters. The molecular weight excluding hydrogens is 411 g/mol. The number of anilines is 1. The van der Waals surface area contributed by atoms with Crippen LogP contribution in [-0.4, -0.2) is 30.2 Å². The average Bonchev–Trinajstić information content (AvgIpc) is 2.63. The second-order valence-electron chi connectivity index (χ2n) is 5.35. The van der Waals surface area contributed by atoms with Crippen molar-refractivity contribution in [3.8, 4) is 5.75 Å². The summed E-state index contributed by atoms with van der Waals surface area (Å²) in [5.74, 6) is -0.560. The lowest BCUT2D eigenvalue weighted by Gasteiger charge is -2.16. The third-order valence-corrected chi connectivity index (χ3v) is 4.10. The lowest BCUT2D eigenvalue weighted by atomic mass is 10.2. The van der Waals surface area contributed by atoms with E-state index in [1.165, 1.54) is 13.2 Å². The van der Waals surface area contributed by atoms with Gasteiger partial charge in [-0.05, 0) is 61.6 Å². The summed E-state index contributed by atoms with van der Waals surface area (Å²) in [4.78, 5) is 23.6. The summed E-state index contributed by atoms with van der Waals surface area (Å²) in [6.07, 6.45) is -0.842. The van der Waals surface area contributed by atoms with E-state index in [9.17, 15) is 9.59 Å². The molecule has 0 saturated heterocycles. The van der Waals surface area contributed by atoms with Gasteiger partial charge in [0.25, 0.3) is 5.91 Å². The van der Waals surface area contributed by atoms with Gasteiger partial charge in [-0.25, -0.2) is 4.79 Å². The molecule has 6 nitrogen and oxygen atoms in total. The summed E-state index contributed by atoms with van der Waals surface area (Å²) in [6.45, 7) is 1.56. The summed E-state index contributed by atoms with van der Waals surface area (Å²) in [6, 6.07) is 11.1. The number of halogens is 2. The molecule has 0 fully saturated rings. The monoisotopic (exact) mass is 426 g/mol. The smallest absolute Gasteiger partial charge is 0.337 e. The van der Waals surface area contributed by atoms with E-state index in [4.69, 9.17) is 40.2 Å². The van der Waals surface area contributed by atoms with E-state index in [1.807, 2.05) is 0 Å². The zero-order chi connectivity index (χ0) is 20.0. The van der Waals surface area contributed by atoms with Gasteiger partial charge >= 0.3 is 5.97 Å². The van der Waals surface area contributed by atoms with Crippen molar-refractivity contribution in [1.82, 2.24) is 5.32 Å². The molecule has 0 spiro atoms. The maximum absolute atomic E-state index is 12.2. The van der Waals surface area contributed by atoms with E-state index < -0.39 is 18.0 Å². The summed E-state index contributed by atoms with van der Waals surface area (Å²) in [7, 11) is 1.31. The molecule has 1 amide bonds. The van der Waals surface area contributed by atoms with E-state index in [2.05, 4.69) is 15.4 Å². The van der Waals surface area contributed by atoms with E-state index in [1.54, 1.807) is 43.3 Å². The van der Waals surface area contributed by atoms with Crippen molar-refractivity contribution >= 4 is 58.1 Å². The summed E-state index contributed by atoms with van der Waals surface area (Å²) in [5.41, 5.74) is 1.00. The fraction of sp³-hybridized carbons (Fsp3) is 0.167. The van der Waals surface area contributed by atoms with E-state index in [0.717, 1.165) is 0 Å². The first kappa shape index (κ1) is 21.0. The predicted octanol–water partition coefficient (Wildman–Crippen LogP) is 4.06. The first-order valence-corrected chi connectivity index (χ1v) is 8.88. The summed E-state index contributed by atoms with van der Waals surface area (Å²) >= 11 is 17.0. The third-order valence-electron chi connectivity index (χ3n) is 3.37. The standard InChI is InChI=1S/C18H16Cl2N2O4S/c1-10(26-15-8-5-12(19)9-14(15)20)16(23)22-18(27)21-13-6-3-11(4-7-13)17(24)25-2/h3-10H,1-2H3,(H2,21,22,23,27). The zero-order valence-electron chi connectivity index (χ0n) is 14.4. The number of carbonyl (C=O) groups excluding carboxylic acids is 2. The summed E-state index contributed by atoms with van der Waals surface area (Å²) in [5, 5.41) is 6.22. The second-order valence-corrected chi connectivity index (χ2v) is 6.60. The first-order chi connectivity index (χ1) is 12.8. The Labute approximate surface area is 171 Å². The second kappa shape index (κ2) is 9.55. The van der Waals surface area contributed by atoms with Crippen LogP contribution < -0.4 is 15.4 Å². The average molecular weight is 427 g/mol. The van der Waals surface area contributed by atoms with Gasteiger partial charge in [0.2, 0.25) is 0 Å². The third kappa shape index (κ3) is 6.09. The highest BCUT2D eigenvalue weighted by Crippen LogP contribution is 2.28. The molecule has 9 heteroatoms. The van der Waals surface area contributed by atoms with Gasteiger partial charge in [0.1, 0.15) is 5.75 Å². The van der Waals surface area contributed by atoms with Crippen LogP contribution in [0.2, 0.25) is 10.0 Å². The molecule has 0 aromatic heterocycles. The van der Waals surface area contributed by atoms with Crippen LogP contribution in [0, 0.1) is 0 Å². The molecule has 0 heterocycles. The number of methoxy groups -OCH3 is 1. The van der Waals surface area contributed by atoms with Crippen molar-refractivity contribution in [2.75, 3.05) is 12.4 Å². The van der Waals surface area contributed by atoms with Gasteiger partial charge in [0.05, 0.1) is 17.7 Å². The molecule has 2 N–H and O–H groups in total. The van der Waals surface area contributed by atoms with E-state index in [0.29, 0.717) is 27.0 Å². The number of thiocarbonyl (C=S) groups is 1. The van der Waals surface area contributed by atoms with Gasteiger partial charge < -0.3 is 14.8 Å². The number of hydrogen-bond acceptors (Lipinski definition) is 5. The number of esters is 1.